The summed E-state index contributed by atoms with van der Waals surface area (Å²) in [5.41, 5.74) is 0.814. The number of hydrogen-bond acceptors (Lipinski definition) is 2. The van der Waals surface area contributed by atoms with Crippen molar-refractivity contribution in [2.24, 2.45) is 0 Å². The number of hydrogen-bond donors (Lipinski definition) is 1. The van der Waals surface area contributed by atoms with Gasteiger partial charge < -0.3 is 5.32 Å². The van der Waals surface area contributed by atoms with Gasteiger partial charge in [-0.05, 0) is 30.4 Å². The molecule has 0 fully saturated rings. The summed E-state index contributed by atoms with van der Waals surface area (Å²) >= 11 is 0. The lowest BCUT2D eigenvalue weighted by Gasteiger charge is -2.03. The second-order valence-electron chi connectivity index (χ2n) is 4.60. The highest BCUT2D eigenvalue weighted by atomic mass is 19.2. The van der Waals surface area contributed by atoms with E-state index in [1.54, 1.807) is 18.2 Å². The van der Waals surface area contributed by atoms with Crippen LogP contribution in [-0.2, 0) is 4.79 Å². The molecule has 1 amide bonds. The topological polar surface area (TPSA) is 46.2 Å². The molecule has 0 saturated carbocycles. The third-order valence-corrected chi connectivity index (χ3v) is 2.86. The van der Waals surface area contributed by atoms with E-state index < -0.39 is 11.6 Å². The van der Waals surface area contributed by atoms with Crippen molar-refractivity contribution < 1.29 is 18.4 Å². The highest BCUT2D eigenvalue weighted by Gasteiger charge is 2.07. The molecule has 2 aromatic carbocycles. The van der Waals surface area contributed by atoms with E-state index in [-0.39, 0.29) is 17.3 Å². The van der Waals surface area contributed by atoms with Crippen LogP contribution in [0.15, 0.2) is 48.5 Å². The van der Waals surface area contributed by atoms with Crippen LogP contribution < -0.4 is 5.32 Å². The van der Waals surface area contributed by atoms with Crippen molar-refractivity contribution in [3.05, 3.63) is 71.3 Å². The van der Waals surface area contributed by atoms with Gasteiger partial charge in [0.1, 0.15) is 0 Å². The zero-order valence-electron chi connectivity index (χ0n) is 11.8. The summed E-state index contributed by atoms with van der Waals surface area (Å²) in [6.45, 7) is 1.36. The fourth-order valence-corrected chi connectivity index (χ4v) is 1.86. The van der Waals surface area contributed by atoms with Gasteiger partial charge in [0.25, 0.3) is 0 Å². The molecule has 0 bridgehead atoms. The molecule has 112 valence electrons. The first-order chi connectivity index (χ1) is 10.5. The van der Waals surface area contributed by atoms with Crippen molar-refractivity contribution in [1.82, 2.24) is 0 Å². The van der Waals surface area contributed by atoms with Gasteiger partial charge in [0, 0.05) is 23.7 Å². The van der Waals surface area contributed by atoms with Crippen LogP contribution in [0.2, 0.25) is 0 Å². The number of amides is 1. The van der Waals surface area contributed by atoms with Gasteiger partial charge in [-0.1, -0.05) is 24.3 Å². The molecule has 3 nitrogen and oxygen atoms in total. The van der Waals surface area contributed by atoms with Gasteiger partial charge in [-0.2, -0.15) is 0 Å². The Morgan fingerprint density at radius 3 is 2.55 bits per heavy atom. The number of nitrogens with one attached hydrogen (secondary N) is 1. The first kappa shape index (κ1) is 15.6. The Kier molecular flexibility index (Phi) is 4.78. The lowest BCUT2D eigenvalue weighted by molar-refractivity contribution is -0.114. The number of carbonyl (C=O) groups is 2. The van der Waals surface area contributed by atoms with Gasteiger partial charge >= 0.3 is 0 Å². The number of halogens is 2. The molecule has 0 heterocycles. The Labute approximate surface area is 126 Å². The molecule has 0 aliphatic rings. The lowest BCUT2D eigenvalue weighted by Crippen LogP contribution is -2.06. The van der Waals surface area contributed by atoms with Gasteiger partial charge in [-0.3, -0.25) is 9.59 Å². The van der Waals surface area contributed by atoms with Crippen LogP contribution in [-0.4, -0.2) is 11.7 Å². The van der Waals surface area contributed by atoms with Crippen molar-refractivity contribution in [3.8, 4) is 0 Å². The predicted molar refractivity (Wildman–Crippen MR) is 80.5 cm³/mol. The highest BCUT2D eigenvalue weighted by Crippen LogP contribution is 2.15. The van der Waals surface area contributed by atoms with E-state index >= 15 is 0 Å². The van der Waals surface area contributed by atoms with E-state index in [9.17, 15) is 18.4 Å². The predicted octanol–water partition coefficient (Wildman–Crippen LogP) is 3.82. The molecule has 0 aromatic heterocycles. The molecule has 0 atom stereocenters. The van der Waals surface area contributed by atoms with Crippen molar-refractivity contribution >= 4 is 23.5 Å². The van der Waals surface area contributed by atoms with Gasteiger partial charge in [0.15, 0.2) is 17.4 Å². The third kappa shape index (κ3) is 3.85. The van der Waals surface area contributed by atoms with E-state index in [2.05, 4.69) is 5.32 Å². The van der Waals surface area contributed by atoms with Crippen LogP contribution in [0.5, 0.6) is 0 Å². The number of allylic oxidation sites excluding steroid dienone is 1. The zero-order valence-corrected chi connectivity index (χ0v) is 11.8. The summed E-state index contributed by atoms with van der Waals surface area (Å²) in [6.07, 6.45) is 2.37. The largest absolute Gasteiger partial charge is 0.326 e. The van der Waals surface area contributed by atoms with E-state index in [4.69, 9.17) is 0 Å². The number of rotatable bonds is 4. The summed E-state index contributed by atoms with van der Waals surface area (Å²) in [4.78, 5) is 23.0. The molecule has 0 spiro atoms. The second-order valence-corrected chi connectivity index (χ2v) is 4.60. The fraction of sp³-hybridized carbons (Fsp3) is 0.0588. The van der Waals surface area contributed by atoms with Crippen molar-refractivity contribution in [2.45, 2.75) is 6.92 Å². The maximum Gasteiger partial charge on any atom is 0.221 e. The SMILES string of the molecule is CC(=O)Nc1cccc(C(=O)C=Cc2cccc(F)c2F)c1. The van der Waals surface area contributed by atoms with Crippen LogP contribution in [0.3, 0.4) is 0 Å². The van der Waals surface area contributed by atoms with Gasteiger partial charge in [-0.15, -0.1) is 0 Å². The standard InChI is InChI=1S/C17H13F2NO2/c1-11(21)20-14-6-2-5-13(10-14)16(22)9-8-12-4-3-7-15(18)17(12)19/h2-10H,1H3,(H,20,21). The van der Waals surface area contributed by atoms with E-state index in [0.29, 0.717) is 11.3 Å². The first-order valence-corrected chi connectivity index (χ1v) is 6.51. The summed E-state index contributed by atoms with van der Waals surface area (Å²) in [7, 11) is 0. The summed E-state index contributed by atoms with van der Waals surface area (Å²) in [5, 5.41) is 2.57. The molecule has 22 heavy (non-hydrogen) atoms. The monoisotopic (exact) mass is 301 g/mol. The Hall–Kier alpha value is -2.82. The summed E-state index contributed by atoms with van der Waals surface area (Å²) < 4.78 is 26.5. The molecule has 0 saturated heterocycles. The van der Waals surface area contributed by atoms with E-state index in [1.165, 1.54) is 31.2 Å². The smallest absolute Gasteiger partial charge is 0.221 e. The Bertz CT molecular complexity index is 754. The highest BCUT2D eigenvalue weighted by molar-refractivity contribution is 6.07. The second kappa shape index (κ2) is 6.76. The third-order valence-electron chi connectivity index (χ3n) is 2.86. The van der Waals surface area contributed by atoms with E-state index in [1.807, 2.05) is 0 Å². The minimum atomic E-state index is -1.00. The normalized spacial score (nSPS) is 10.7. The van der Waals surface area contributed by atoms with Crippen LogP contribution >= 0.6 is 0 Å². The molecule has 5 heteroatoms. The maximum atomic E-state index is 13.5. The van der Waals surface area contributed by atoms with Crippen molar-refractivity contribution in [1.29, 1.82) is 0 Å². The zero-order chi connectivity index (χ0) is 16.1. The van der Waals surface area contributed by atoms with Crippen LogP contribution in [0.1, 0.15) is 22.8 Å². The molecule has 2 rings (SSSR count). The van der Waals surface area contributed by atoms with Crippen LogP contribution in [0, 0.1) is 11.6 Å². The molecule has 0 aliphatic heterocycles. The minimum absolute atomic E-state index is 0.00799. The number of carbonyl (C=O) groups excluding carboxylic acids is 2. The van der Waals surface area contributed by atoms with Crippen LogP contribution in [0.25, 0.3) is 6.08 Å². The Morgan fingerprint density at radius 1 is 1.09 bits per heavy atom. The van der Waals surface area contributed by atoms with Gasteiger partial charge in [0.2, 0.25) is 5.91 Å². The van der Waals surface area contributed by atoms with Crippen molar-refractivity contribution in [2.75, 3.05) is 5.32 Å². The van der Waals surface area contributed by atoms with E-state index in [0.717, 1.165) is 12.1 Å². The maximum absolute atomic E-state index is 13.5. The minimum Gasteiger partial charge on any atom is -0.326 e. The molecular formula is C17H13F2NO2. The lowest BCUT2D eigenvalue weighted by atomic mass is 10.1. The fourth-order valence-electron chi connectivity index (χ4n) is 1.86. The molecule has 0 aliphatic carbocycles. The Morgan fingerprint density at radius 2 is 1.82 bits per heavy atom. The molecular weight excluding hydrogens is 288 g/mol. The molecule has 2 aromatic rings. The average Bonchev–Trinajstić information content (AvgIpc) is 2.48. The molecule has 0 radical (unpaired) electrons. The average molecular weight is 301 g/mol. The summed E-state index contributed by atoms with van der Waals surface area (Å²) in [5.74, 6) is -2.60. The quantitative estimate of drug-likeness (QED) is 0.689. The molecule has 1 N–H and O–H groups in total. The number of anilines is 1. The summed E-state index contributed by atoms with van der Waals surface area (Å²) in [6, 6.07) is 10.1. The van der Waals surface area contributed by atoms with Crippen molar-refractivity contribution in [3.63, 3.8) is 0 Å². The van der Waals surface area contributed by atoms with Gasteiger partial charge in [0.05, 0.1) is 0 Å². The number of ketones is 1. The number of benzene rings is 2. The first-order valence-electron chi connectivity index (χ1n) is 6.51. The Balaban J connectivity index is 2.20. The van der Waals surface area contributed by atoms with Crippen LogP contribution in [0.4, 0.5) is 14.5 Å². The molecule has 0 unspecified atom stereocenters. The van der Waals surface area contributed by atoms with Gasteiger partial charge in [-0.25, -0.2) is 8.78 Å².